The van der Waals surface area contributed by atoms with Crippen molar-refractivity contribution >= 4 is 79.0 Å². The quantitative estimate of drug-likeness (QED) is 0.258. The molecular weight excluding hydrogens is 592 g/mol. The van der Waals surface area contributed by atoms with Crippen LogP contribution in [-0.4, -0.2) is 11.9 Å². The van der Waals surface area contributed by atoms with E-state index in [2.05, 4.69) is 43.7 Å². The van der Waals surface area contributed by atoms with Crippen LogP contribution >= 0.6 is 73.3 Å². The number of nitrogens with zero attached hydrogens (tertiary/aromatic N) is 1. The van der Waals surface area contributed by atoms with Gasteiger partial charge < -0.3 is 4.84 Å². The molecule has 0 bridgehead atoms. The highest BCUT2D eigenvalue weighted by molar-refractivity contribution is 14.1. The smallest absolute Gasteiger partial charge is 0.374 e. The van der Waals surface area contributed by atoms with E-state index in [9.17, 15) is 13.2 Å². The zero-order chi connectivity index (χ0) is 19.3. The molecule has 1 atom stereocenters. The number of hydrogen-bond donors (Lipinski definition) is 0. The minimum Gasteiger partial charge on any atom is -0.374 e. The van der Waals surface area contributed by atoms with E-state index >= 15 is 0 Å². The molecule has 26 heavy (non-hydrogen) atoms. The van der Waals surface area contributed by atoms with Crippen molar-refractivity contribution in [2.45, 2.75) is 18.2 Å². The molecule has 0 saturated carbocycles. The summed E-state index contributed by atoms with van der Waals surface area (Å²) in [7, 11) is 0. The highest BCUT2D eigenvalue weighted by Crippen LogP contribution is 2.50. The van der Waals surface area contributed by atoms with E-state index in [0.717, 1.165) is 20.2 Å². The van der Waals surface area contributed by atoms with Gasteiger partial charge in [-0.2, -0.15) is 13.2 Å². The van der Waals surface area contributed by atoms with Crippen LogP contribution in [0.5, 0.6) is 0 Å². The fourth-order valence-corrected chi connectivity index (χ4v) is 3.83. The molecule has 0 aromatic heterocycles. The van der Waals surface area contributed by atoms with Crippen molar-refractivity contribution in [2.24, 2.45) is 5.16 Å². The van der Waals surface area contributed by atoms with E-state index in [0.29, 0.717) is 5.56 Å². The van der Waals surface area contributed by atoms with Gasteiger partial charge in [0.15, 0.2) is 0 Å². The molecule has 1 aliphatic rings. The van der Waals surface area contributed by atoms with E-state index in [1.807, 2.05) is 0 Å². The second-order valence-electron chi connectivity index (χ2n) is 5.51. The van der Waals surface area contributed by atoms with Crippen molar-refractivity contribution in [3.8, 4) is 0 Å². The molecule has 0 saturated heterocycles. The fraction of sp³-hybridized carbons (Fsp3) is 0.188. The Kier molecular flexibility index (Phi) is 5.77. The Bertz CT molecular complexity index is 899. The summed E-state index contributed by atoms with van der Waals surface area (Å²) in [5.74, 6) is 0. The fourth-order valence-electron chi connectivity index (χ4n) is 2.52. The van der Waals surface area contributed by atoms with Gasteiger partial charge in [-0.15, -0.1) is 0 Å². The largest absolute Gasteiger partial charge is 0.435 e. The number of benzene rings is 2. The van der Waals surface area contributed by atoms with Gasteiger partial charge in [-0.05, 0) is 62.8 Å². The molecule has 2 aromatic rings. The first-order valence-electron chi connectivity index (χ1n) is 6.97. The topological polar surface area (TPSA) is 21.6 Å². The molecule has 0 radical (unpaired) electrons. The van der Waals surface area contributed by atoms with E-state index in [-0.39, 0.29) is 26.3 Å². The zero-order valence-corrected chi connectivity index (χ0v) is 18.5. The Morgan fingerprint density at radius 2 is 1.73 bits per heavy atom. The first kappa shape index (κ1) is 20.5. The van der Waals surface area contributed by atoms with Crippen molar-refractivity contribution < 1.29 is 18.0 Å². The number of alkyl halides is 3. The third-order valence-corrected chi connectivity index (χ3v) is 7.42. The van der Waals surface area contributed by atoms with Gasteiger partial charge in [-0.25, -0.2) is 0 Å². The molecule has 1 aliphatic heterocycles. The predicted molar refractivity (Wildman–Crippen MR) is 108 cm³/mol. The Morgan fingerprint density at radius 3 is 2.27 bits per heavy atom. The number of hydrogen-bond acceptors (Lipinski definition) is 2. The SMILES string of the molecule is FC(F)(F)C1(c2cc(Cl)c(Cl)c(Cl)c2)CC(c2ccc(I)c(Br)c2)=NO1. The van der Waals surface area contributed by atoms with Gasteiger partial charge in [0.25, 0.3) is 5.60 Å². The molecule has 0 aliphatic carbocycles. The molecule has 0 amide bonds. The lowest BCUT2D eigenvalue weighted by molar-refractivity contribution is -0.275. The summed E-state index contributed by atoms with van der Waals surface area (Å²) in [6, 6.07) is 7.35. The van der Waals surface area contributed by atoms with Crippen molar-refractivity contribution in [1.29, 1.82) is 0 Å². The van der Waals surface area contributed by atoms with Crippen LogP contribution in [0.2, 0.25) is 15.1 Å². The van der Waals surface area contributed by atoms with Crippen LogP contribution in [0.1, 0.15) is 17.5 Å². The first-order valence-corrected chi connectivity index (χ1v) is 9.98. The standard InChI is InChI=1S/C16H7BrCl3F3INO/c17-9-3-7(1-2-12(9)24)13-6-15(26-25-13,16(21,22)23)8-4-10(18)14(20)11(19)5-8/h1-5H,6H2. The molecule has 2 aromatic carbocycles. The van der Waals surface area contributed by atoms with Crippen LogP contribution in [0.15, 0.2) is 40.0 Å². The Morgan fingerprint density at radius 1 is 1.12 bits per heavy atom. The summed E-state index contributed by atoms with van der Waals surface area (Å²) >= 11 is 23.1. The highest BCUT2D eigenvalue weighted by atomic mass is 127. The van der Waals surface area contributed by atoms with Gasteiger partial charge in [0.05, 0.1) is 20.8 Å². The van der Waals surface area contributed by atoms with Gasteiger partial charge >= 0.3 is 6.18 Å². The van der Waals surface area contributed by atoms with Gasteiger partial charge in [0.1, 0.15) is 0 Å². The summed E-state index contributed by atoms with van der Waals surface area (Å²) in [5, 5.41) is 3.51. The third-order valence-electron chi connectivity index (χ3n) is 3.89. The van der Waals surface area contributed by atoms with Crippen molar-refractivity contribution in [2.75, 3.05) is 0 Å². The molecule has 0 spiro atoms. The lowest BCUT2D eigenvalue weighted by atomic mass is 9.86. The van der Waals surface area contributed by atoms with Crippen molar-refractivity contribution in [1.82, 2.24) is 0 Å². The zero-order valence-electron chi connectivity index (χ0n) is 12.5. The molecule has 1 unspecified atom stereocenters. The second kappa shape index (κ2) is 7.31. The van der Waals surface area contributed by atoms with Crippen LogP contribution < -0.4 is 0 Å². The predicted octanol–water partition coefficient (Wildman–Crippen LogP) is 7.60. The van der Waals surface area contributed by atoms with Crippen LogP contribution in [-0.2, 0) is 10.4 Å². The normalized spacial score (nSPS) is 20.1. The van der Waals surface area contributed by atoms with Gasteiger partial charge in [-0.1, -0.05) is 46.0 Å². The molecule has 10 heteroatoms. The molecule has 0 fully saturated rings. The second-order valence-corrected chi connectivity index (χ2v) is 8.72. The summed E-state index contributed by atoms with van der Waals surface area (Å²) in [6.07, 6.45) is -5.27. The summed E-state index contributed by atoms with van der Waals surface area (Å²) in [5.41, 5.74) is -2.25. The van der Waals surface area contributed by atoms with E-state index < -0.39 is 18.2 Å². The van der Waals surface area contributed by atoms with Crippen LogP contribution in [0.3, 0.4) is 0 Å². The Labute approximate surface area is 183 Å². The van der Waals surface area contributed by atoms with Crippen LogP contribution in [0.4, 0.5) is 13.2 Å². The van der Waals surface area contributed by atoms with Crippen molar-refractivity contribution in [3.05, 3.63) is 64.6 Å². The Balaban J connectivity index is 2.06. The molecule has 138 valence electrons. The third kappa shape index (κ3) is 3.57. The Hall–Kier alpha value is -0.220. The summed E-state index contributed by atoms with van der Waals surface area (Å²) < 4.78 is 43.6. The highest BCUT2D eigenvalue weighted by Gasteiger charge is 2.62. The van der Waals surface area contributed by atoms with E-state index in [1.54, 1.807) is 18.2 Å². The van der Waals surface area contributed by atoms with E-state index in [4.69, 9.17) is 39.6 Å². The number of rotatable bonds is 2. The molecule has 1 heterocycles. The average molecular weight is 599 g/mol. The lowest BCUT2D eigenvalue weighted by Gasteiger charge is -2.30. The first-order chi connectivity index (χ1) is 12.0. The monoisotopic (exact) mass is 597 g/mol. The van der Waals surface area contributed by atoms with Gasteiger partial charge in [-0.3, -0.25) is 0 Å². The minimum absolute atomic E-state index is 0.0184. The maximum Gasteiger partial charge on any atom is 0.435 e. The van der Waals surface area contributed by atoms with Gasteiger partial charge in [0, 0.05) is 25.6 Å². The molecule has 3 rings (SSSR count). The molecular formula is C16H7BrCl3F3INO. The lowest BCUT2D eigenvalue weighted by Crippen LogP contribution is -2.42. The number of oxime groups is 1. The maximum atomic E-state index is 14.0. The summed E-state index contributed by atoms with van der Waals surface area (Å²) in [6.45, 7) is 0. The summed E-state index contributed by atoms with van der Waals surface area (Å²) in [4.78, 5) is 4.96. The van der Waals surface area contributed by atoms with Crippen LogP contribution in [0.25, 0.3) is 0 Å². The van der Waals surface area contributed by atoms with Crippen molar-refractivity contribution in [3.63, 3.8) is 0 Å². The van der Waals surface area contributed by atoms with Gasteiger partial charge in [0.2, 0.25) is 0 Å². The van der Waals surface area contributed by atoms with Crippen LogP contribution in [0, 0.1) is 3.57 Å². The number of halogens is 8. The average Bonchev–Trinajstić information content (AvgIpc) is 3.01. The van der Waals surface area contributed by atoms with E-state index in [1.165, 1.54) is 0 Å². The maximum absolute atomic E-state index is 14.0. The molecule has 0 N–H and O–H groups in total. The minimum atomic E-state index is -4.75. The molecule has 2 nitrogen and oxygen atoms in total.